The molecule has 0 aliphatic carbocycles. The number of nitrogens with two attached hydrogens (primary N) is 1. The number of hydrogen-bond donors (Lipinski definition) is 1. The molecule has 3 nitrogen and oxygen atoms in total. The molecule has 0 aliphatic rings. The standard InChI is InChI=1S/C17H18ClN3/c1-2-5-17-20-15-6-3-4-7-16(15)21(17)11-12-8-9-13(19)10-14(12)18/h3-4,6-10H,2,5,11,19H2,1H3. The maximum atomic E-state index is 6.31. The maximum absolute atomic E-state index is 6.31. The second-order valence-electron chi connectivity index (χ2n) is 5.20. The minimum Gasteiger partial charge on any atom is -0.399 e. The zero-order chi connectivity index (χ0) is 14.8. The summed E-state index contributed by atoms with van der Waals surface area (Å²) in [7, 11) is 0. The summed E-state index contributed by atoms with van der Waals surface area (Å²) in [5.74, 6) is 1.10. The molecular formula is C17H18ClN3. The smallest absolute Gasteiger partial charge is 0.110 e. The highest BCUT2D eigenvalue weighted by Crippen LogP contribution is 2.24. The van der Waals surface area contributed by atoms with Crippen molar-refractivity contribution in [1.29, 1.82) is 0 Å². The van der Waals surface area contributed by atoms with E-state index < -0.39 is 0 Å². The van der Waals surface area contributed by atoms with Crippen molar-refractivity contribution in [3.63, 3.8) is 0 Å². The molecule has 0 saturated carbocycles. The Labute approximate surface area is 129 Å². The zero-order valence-corrected chi connectivity index (χ0v) is 12.8. The van der Waals surface area contributed by atoms with E-state index in [2.05, 4.69) is 23.6 Å². The highest BCUT2D eigenvalue weighted by molar-refractivity contribution is 6.31. The molecule has 0 spiro atoms. The SMILES string of the molecule is CCCc1nc2ccccc2n1Cc1ccc(N)cc1Cl. The van der Waals surface area contributed by atoms with Crippen LogP contribution >= 0.6 is 11.6 Å². The fourth-order valence-corrected chi connectivity index (χ4v) is 2.83. The van der Waals surface area contributed by atoms with Crippen molar-refractivity contribution in [1.82, 2.24) is 9.55 Å². The molecule has 0 aliphatic heterocycles. The lowest BCUT2D eigenvalue weighted by atomic mass is 10.2. The van der Waals surface area contributed by atoms with Gasteiger partial charge in [0.05, 0.1) is 17.6 Å². The van der Waals surface area contributed by atoms with Crippen LogP contribution in [0, 0.1) is 0 Å². The molecule has 2 N–H and O–H groups in total. The maximum Gasteiger partial charge on any atom is 0.110 e. The molecule has 108 valence electrons. The van der Waals surface area contributed by atoms with E-state index in [0.29, 0.717) is 10.7 Å². The Hall–Kier alpha value is -2.00. The number of fused-ring (bicyclic) bond motifs is 1. The molecular weight excluding hydrogens is 282 g/mol. The van der Waals surface area contributed by atoms with Crippen LogP contribution in [0.1, 0.15) is 24.7 Å². The normalized spacial score (nSPS) is 11.1. The van der Waals surface area contributed by atoms with Crippen LogP contribution in [0.3, 0.4) is 0 Å². The second kappa shape index (κ2) is 5.78. The zero-order valence-electron chi connectivity index (χ0n) is 12.0. The number of benzene rings is 2. The molecule has 0 unspecified atom stereocenters. The Morgan fingerprint density at radius 1 is 1.19 bits per heavy atom. The molecule has 0 fully saturated rings. The summed E-state index contributed by atoms with van der Waals surface area (Å²) in [6.45, 7) is 2.88. The third kappa shape index (κ3) is 2.74. The van der Waals surface area contributed by atoms with E-state index >= 15 is 0 Å². The van der Waals surface area contributed by atoms with Crippen LogP contribution in [0.15, 0.2) is 42.5 Å². The van der Waals surface area contributed by atoms with Crippen LogP contribution in [0.4, 0.5) is 5.69 Å². The van der Waals surface area contributed by atoms with Gasteiger partial charge in [-0.25, -0.2) is 4.98 Å². The van der Waals surface area contributed by atoms with E-state index in [-0.39, 0.29) is 0 Å². The van der Waals surface area contributed by atoms with Gasteiger partial charge in [0.1, 0.15) is 5.82 Å². The molecule has 1 heterocycles. The second-order valence-corrected chi connectivity index (χ2v) is 5.61. The first-order valence-electron chi connectivity index (χ1n) is 7.17. The first-order valence-corrected chi connectivity index (χ1v) is 7.55. The number of para-hydroxylation sites is 2. The predicted octanol–water partition coefficient (Wildman–Crippen LogP) is 4.27. The minimum absolute atomic E-state index is 0.688. The Kier molecular flexibility index (Phi) is 3.84. The van der Waals surface area contributed by atoms with Crippen molar-refractivity contribution in [3.05, 3.63) is 58.9 Å². The van der Waals surface area contributed by atoms with E-state index in [0.717, 1.165) is 41.8 Å². The molecule has 0 saturated heterocycles. The van der Waals surface area contributed by atoms with Crippen LogP contribution in [-0.4, -0.2) is 9.55 Å². The largest absolute Gasteiger partial charge is 0.399 e. The molecule has 21 heavy (non-hydrogen) atoms. The first kappa shape index (κ1) is 14.0. The number of aromatic nitrogens is 2. The van der Waals surface area contributed by atoms with Gasteiger partial charge < -0.3 is 10.3 Å². The van der Waals surface area contributed by atoms with Crippen LogP contribution in [-0.2, 0) is 13.0 Å². The minimum atomic E-state index is 0.688. The summed E-state index contributed by atoms with van der Waals surface area (Å²) < 4.78 is 2.25. The fraction of sp³-hybridized carbons (Fsp3) is 0.235. The molecule has 3 rings (SSSR count). The highest BCUT2D eigenvalue weighted by atomic mass is 35.5. The van der Waals surface area contributed by atoms with E-state index in [1.165, 1.54) is 0 Å². The summed E-state index contributed by atoms with van der Waals surface area (Å²) in [6, 6.07) is 13.9. The van der Waals surface area contributed by atoms with Gasteiger partial charge in [0.2, 0.25) is 0 Å². The van der Waals surface area contributed by atoms with Crippen molar-refractivity contribution in [3.8, 4) is 0 Å². The van der Waals surface area contributed by atoms with Crippen molar-refractivity contribution in [2.45, 2.75) is 26.3 Å². The Bertz CT molecular complexity index is 777. The summed E-state index contributed by atoms with van der Waals surface area (Å²) in [5, 5.41) is 0.704. The van der Waals surface area contributed by atoms with Crippen molar-refractivity contribution >= 4 is 28.3 Å². The lowest BCUT2D eigenvalue weighted by Crippen LogP contribution is -2.05. The Balaban J connectivity index is 2.07. The average molecular weight is 300 g/mol. The molecule has 2 aromatic carbocycles. The van der Waals surface area contributed by atoms with Gasteiger partial charge in [-0.15, -0.1) is 0 Å². The number of hydrogen-bond acceptors (Lipinski definition) is 2. The van der Waals surface area contributed by atoms with E-state index in [1.807, 2.05) is 24.3 Å². The topological polar surface area (TPSA) is 43.8 Å². The molecule has 3 aromatic rings. The lowest BCUT2D eigenvalue weighted by Gasteiger charge is -2.11. The van der Waals surface area contributed by atoms with Gasteiger partial charge in [0.15, 0.2) is 0 Å². The average Bonchev–Trinajstić information content (AvgIpc) is 2.80. The monoisotopic (exact) mass is 299 g/mol. The Morgan fingerprint density at radius 2 is 2.00 bits per heavy atom. The summed E-state index contributed by atoms with van der Waals surface area (Å²) in [6.07, 6.45) is 2.03. The summed E-state index contributed by atoms with van der Waals surface area (Å²) >= 11 is 6.31. The van der Waals surface area contributed by atoms with Crippen LogP contribution in [0.2, 0.25) is 5.02 Å². The summed E-state index contributed by atoms with van der Waals surface area (Å²) in [5.41, 5.74) is 9.70. The van der Waals surface area contributed by atoms with Crippen molar-refractivity contribution < 1.29 is 0 Å². The Morgan fingerprint density at radius 3 is 2.76 bits per heavy atom. The van der Waals surface area contributed by atoms with Gasteiger partial charge in [-0.1, -0.05) is 36.7 Å². The van der Waals surface area contributed by atoms with Crippen molar-refractivity contribution in [2.24, 2.45) is 0 Å². The highest BCUT2D eigenvalue weighted by Gasteiger charge is 2.11. The molecule has 4 heteroatoms. The van der Waals surface area contributed by atoms with Gasteiger partial charge in [0, 0.05) is 17.1 Å². The van der Waals surface area contributed by atoms with Gasteiger partial charge in [-0.3, -0.25) is 0 Å². The predicted molar refractivity (Wildman–Crippen MR) is 88.7 cm³/mol. The number of aryl methyl sites for hydroxylation is 1. The third-order valence-electron chi connectivity index (χ3n) is 3.61. The molecule has 0 bridgehead atoms. The number of rotatable bonds is 4. The number of imidazole rings is 1. The fourth-order valence-electron chi connectivity index (χ4n) is 2.58. The number of anilines is 1. The molecule has 0 amide bonds. The van der Waals surface area contributed by atoms with Gasteiger partial charge in [-0.05, 0) is 36.2 Å². The molecule has 0 radical (unpaired) electrons. The van der Waals surface area contributed by atoms with E-state index in [9.17, 15) is 0 Å². The van der Waals surface area contributed by atoms with Gasteiger partial charge in [0.25, 0.3) is 0 Å². The quantitative estimate of drug-likeness (QED) is 0.731. The van der Waals surface area contributed by atoms with Gasteiger partial charge in [-0.2, -0.15) is 0 Å². The molecule has 1 aromatic heterocycles. The third-order valence-corrected chi connectivity index (χ3v) is 3.96. The summed E-state index contributed by atoms with van der Waals surface area (Å²) in [4.78, 5) is 4.74. The van der Waals surface area contributed by atoms with E-state index in [4.69, 9.17) is 22.3 Å². The van der Waals surface area contributed by atoms with E-state index in [1.54, 1.807) is 6.07 Å². The van der Waals surface area contributed by atoms with Crippen LogP contribution in [0.25, 0.3) is 11.0 Å². The van der Waals surface area contributed by atoms with Crippen molar-refractivity contribution in [2.75, 3.05) is 5.73 Å². The lowest BCUT2D eigenvalue weighted by molar-refractivity contribution is 0.722. The number of halogens is 1. The number of nitrogen functional groups attached to an aromatic ring is 1. The molecule has 0 atom stereocenters. The number of nitrogens with zero attached hydrogens (tertiary/aromatic N) is 2. The van der Waals surface area contributed by atoms with Crippen LogP contribution < -0.4 is 5.73 Å². The van der Waals surface area contributed by atoms with Crippen LogP contribution in [0.5, 0.6) is 0 Å². The van der Waals surface area contributed by atoms with Gasteiger partial charge >= 0.3 is 0 Å². The first-order chi connectivity index (χ1) is 10.2.